The number of amides is 1. The van der Waals surface area contributed by atoms with Gasteiger partial charge >= 0.3 is 0 Å². The molecule has 100 valence electrons. The molecule has 2 rings (SSSR count). The lowest BCUT2D eigenvalue weighted by Crippen LogP contribution is -2.42. The predicted molar refractivity (Wildman–Crippen MR) is 72.4 cm³/mol. The van der Waals surface area contributed by atoms with E-state index in [9.17, 15) is 4.79 Å². The van der Waals surface area contributed by atoms with Gasteiger partial charge in [-0.25, -0.2) is 0 Å². The van der Waals surface area contributed by atoms with Crippen LogP contribution < -0.4 is 5.73 Å². The summed E-state index contributed by atoms with van der Waals surface area (Å²) in [5.74, 6) is 0.566. The van der Waals surface area contributed by atoms with Gasteiger partial charge in [0.15, 0.2) is 0 Å². The number of nitrogens with two attached hydrogens (primary N) is 1. The fourth-order valence-electron chi connectivity index (χ4n) is 2.96. The first kappa shape index (κ1) is 13.1. The summed E-state index contributed by atoms with van der Waals surface area (Å²) in [5, 5.41) is 0. The molecule has 1 saturated carbocycles. The van der Waals surface area contributed by atoms with Crippen LogP contribution in [0.5, 0.6) is 0 Å². The lowest BCUT2D eigenvalue weighted by atomic mass is 10.0. The first-order valence-corrected chi connectivity index (χ1v) is 6.65. The van der Waals surface area contributed by atoms with Crippen molar-refractivity contribution in [3.8, 4) is 0 Å². The number of nitrogens with zero attached hydrogens (tertiary/aromatic N) is 2. The van der Waals surface area contributed by atoms with E-state index < -0.39 is 0 Å². The number of carbonyl (C=O) groups is 1. The maximum Gasteiger partial charge on any atom is 0.270 e. The molecule has 1 heterocycles. The highest BCUT2D eigenvalue weighted by Crippen LogP contribution is 2.29. The third-order valence-electron chi connectivity index (χ3n) is 4.33. The minimum atomic E-state index is 0.107. The average Bonchev–Trinajstić information content (AvgIpc) is 2.96. The van der Waals surface area contributed by atoms with Crippen molar-refractivity contribution in [1.82, 2.24) is 9.47 Å². The quantitative estimate of drug-likeness (QED) is 0.883. The molecule has 0 radical (unpaired) electrons. The molecule has 1 fully saturated rings. The zero-order valence-electron chi connectivity index (χ0n) is 11.5. The van der Waals surface area contributed by atoms with Gasteiger partial charge in [-0.05, 0) is 44.4 Å². The normalized spacial score (nSPS) is 23.3. The Kier molecular flexibility index (Phi) is 3.76. The molecule has 0 bridgehead atoms. The van der Waals surface area contributed by atoms with E-state index in [0.717, 1.165) is 24.2 Å². The zero-order valence-corrected chi connectivity index (χ0v) is 11.5. The summed E-state index contributed by atoms with van der Waals surface area (Å²) < 4.78 is 1.95. The van der Waals surface area contributed by atoms with E-state index >= 15 is 0 Å². The van der Waals surface area contributed by atoms with E-state index in [1.54, 1.807) is 0 Å². The van der Waals surface area contributed by atoms with E-state index in [0.29, 0.717) is 18.5 Å². The number of rotatable bonds is 3. The second kappa shape index (κ2) is 5.14. The Morgan fingerprint density at radius 1 is 1.50 bits per heavy atom. The zero-order chi connectivity index (χ0) is 13.3. The number of hydrogen-bond donors (Lipinski definition) is 1. The molecule has 0 saturated heterocycles. The molecule has 0 aromatic carbocycles. The molecule has 1 aromatic rings. The van der Waals surface area contributed by atoms with Gasteiger partial charge in [-0.2, -0.15) is 0 Å². The highest BCUT2D eigenvalue weighted by molar-refractivity contribution is 5.93. The highest BCUT2D eigenvalue weighted by atomic mass is 16.2. The van der Waals surface area contributed by atoms with Crippen LogP contribution in [0, 0.1) is 12.8 Å². The predicted octanol–water partition coefficient (Wildman–Crippen LogP) is 1.53. The van der Waals surface area contributed by atoms with Gasteiger partial charge in [-0.15, -0.1) is 0 Å². The van der Waals surface area contributed by atoms with Crippen LogP contribution in [0.15, 0.2) is 12.1 Å². The average molecular weight is 249 g/mol. The minimum Gasteiger partial charge on any atom is -0.344 e. The minimum absolute atomic E-state index is 0.107. The number of carbonyl (C=O) groups excluding carboxylic acids is 1. The lowest BCUT2D eigenvalue weighted by Gasteiger charge is -2.29. The molecule has 1 amide bonds. The smallest absolute Gasteiger partial charge is 0.270 e. The van der Waals surface area contributed by atoms with Crippen LogP contribution in [-0.4, -0.2) is 35.0 Å². The topological polar surface area (TPSA) is 51.3 Å². The molecule has 2 atom stereocenters. The van der Waals surface area contributed by atoms with Gasteiger partial charge < -0.3 is 15.2 Å². The van der Waals surface area contributed by atoms with Gasteiger partial charge in [0.25, 0.3) is 5.91 Å². The molecular weight excluding hydrogens is 226 g/mol. The van der Waals surface area contributed by atoms with Crippen molar-refractivity contribution in [2.45, 2.75) is 32.2 Å². The van der Waals surface area contributed by atoms with Crippen LogP contribution in [0.25, 0.3) is 0 Å². The van der Waals surface area contributed by atoms with Gasteiger partial charge in [0, 0.05) is 25.8 Å². The number of hydrogen-bond acceptors (Lipinski definition) is 2. The van der Waals surface area contributed by atoms with E-state index in [1.165, 1.54) is 6.42 Å². The highest BCUT2D eigenvalue weighted by Gasteiger charge is 2.32. The van der Waals surface area contributed by atoms with Crippen LogP contribution in [-0.2, 0) is 7.05 Å². The lowest BCUT2D eigenvalue weighted by molar-refractivity contribution is 0.0690. The van der Waals surface area contributed by atoms with Crippen molar-refractivity contribution >= 4 is 5.91 Å². The van der Waals surface area contributed by atoms with Crippen LogP contribution in [0.4, 0.5) is 0 Å². The SMILES string of the molecule is Cc1ccc(C(=O)N(C)C2CCCC2CN)n1C. The molecular formula is C14H23N3O. The summed E-state index contributed by atoms with van der Waals surface area (Å²) in [6, 6.07) is 4.19. The third-order valence-corrected chi connectivity index (χ3v) is 4.33. The largest absolute Gasteiger partial charge is 0.344 e. The molecule has 18 heavy (non-hydrogen) atoms. The molecule has 4 heteroatoms. The van der Waals surface area contributed by atoms with Crippen molar-refractivity contribution in [3.63, 3.8) is 0 Å². The molecule has 0 aliphatic heterocycles. The van der Waals surface area contributed by atoms with Gasteiger partial charge in [0.05, 0.1) is 0 Å². The Labute approximate surface area is 109 Å². The second-order valence-electron chi connectivity index (χ2n) is 5.33. The monoisotopic (exact) mass is 249 g/mol. The van der Waals surface area contributed by atoms with E-state index in [1.807, 2.05) is 42.6 Å². The van der Waals surface area contributed by atoms with Crippen molar-refractivity contribution in [2.24, 2.45) is 18.7 Å². The van der Waals surface area contributed by atoms with E-state index in [4.69, 9.17) is 5.73 Å². The van der Waals surface area contributed by atoms with Crippen LogP contribution in [0.1, 0.15) is 35.4 Å². The Bertz CT molecular complexity index is 438. The number of aryl methyl sites for hydroxylation is 1. The maximum atomic E-state index is 12.5. The molecule has 4 nitrogen and oxygen atoms in total. The third kappa shape index (κ3) is 2.17. The van der Waals surface area contributed by atoms with E-state index in [2.05, 4.69) is 0 Å². The molecule has 1 aliphatic rings. The van der Waals surface area contributed by atoms with Crippen molar-refractivity contribution in [2.75, 3.05) is 13.6 Å². The Hall–Kier alpha value is -1.29. The second-order valence-corrected chi connectivity index (χ2v) is 5.33. The summed E-state index contributed by atoms with van der Waals surface area (Å²) in [6.07, 6.45) is 3.40. The van der Waals surface area contributed by atoms with Crippen LogP contribution in [0.3, 0.4) is 0 Å². The molecule has 1 aliphatic carbocycles. The molecule has 1 aromatic heterocycles. The van der Waals surface area contributed by atoms with Gasteiger partial charge in [-0.1, -0.05) is 6.42 Å². The van der Waals surface area contributed by atoms with Gasteiger partial charge in [-0.3, -0.25) is 4.79 Å². The fourth-order valence-corrected chi connectivity index (χ4v) is 2.96. The summed E-state index contributed by atoms with van der Waals surface area (Å²) in [6.45, 7) is 2.68. The number of aromatic nitrogens is 1. The Morgan fingerprint density at radius 2 is 2.22 bits per heavy atom. The summed E-state index contributed by atoms with van der Waals surface area (Å²) >= 11 is 0. The molecule has 2 unspecified atom stereocenters. The summed E-state index contributed by atoms with van der Waals surface area (Å²) in [4.78, 5) is 14.4. The van der Waals surface area contributed by atoms with Crippen molar-refractivity contribution in [1.29, 1.82) is 0 Å². The summed E-state index contributed by atoms with van der Waals surface area (Å²) in [7, 11) is 3.84. The standard InChI is InChI=1S/C14H23N3O/c1-10-7-8-13(16(10)2)14(18)17(3)12-6-4-5-11(12)9-15/h7-8,11-12H,4-6,9,15H2,1-3H3. The van der Waals surface area contributed by atoms with E-state index in [-0.39, 0.29) is 5.91 Å². The van der Waals surface area contributed by atoms with Crippen LogP contribution >= 0.6 is 0 Å². The fraction of sp³-hybridized carbons (Fsp3) is 0.643. The molecule has 0 spiro atoms. The van der Waals surface area contributed by atoms with Gasteiger partial charge in [0.2, 0.25) is 0 Å². The first-order chi connectivity index (χ1) is 8.56. The van der Waals surface area contributed by atoms with Crippen molar-refractivity contribution < 1.29 is 4.79 Å². The molecule has 2 N–H and O–H groups in total. The van der Waals surface area contributed by atoms with Crippen molar-refractivity contribution in [3.05, 3.63) is 23.5 Å². The first-order valence-electron chi connectivity index (χ1n) is 6.65. The summed E-state index contributed by atoms with van der Waals surface area (Å²) in [5.41, 5.74) is 7.66. The Morgan fingerprint density at radius 3 is 2.78 bits per heavy atom. The Balaban J connectivity index is 2.16. The maximum absolute atomic E-state index is 12.5. The van der Waals surface area contributed by atoms with Crippen LogP contribution in [0.2, 0.25) is 0 Å². The van der Waals surface area contributed by atoms with Gasteiger partial charge in [0.1, 0.15) is 5.69 Å².